The molecule has 1 amide bonds. The van der Waals surface area contributed by atoms with Gasteiger partial charge in [-0.15, -0.1) is 0 Å². The number of halogens is 2. The number of hydrogen-bond donors (Lipinski definition) is 2. The Kier molecular flexibility index (Phi) is 6.24. The molecular weight excluding hydrogens is 394 g/mol. The lowest BCUT2D eigenvalue weighted by Crippen LogP contribution is -2.14. The SMILES string of the molecule is COc1ccc(N/C=C(/C#N)C(=O)Nc2ccc(Br)cc2)cc1Cl. The van der Waals surface area contributed by atoms with E-state index in [-0.39, 0.29) is 5.57 Å². The molecule has 0 aliphatic heterocycles. The van der Waals surface area contributed by atoms with Crippen molar-refractivity contribution in [2.75, 3.05) is 17.7 Å². The zero-order chi connectivity index (χ0) is 17.5. The zero-order valence-electron chi connectivity index (χ0n) is 12.6. The normalized spacial score (nSPS) is 10.7. The maximum atomic E-state index is 12.1. The molecule has 0 atom stereocenters. The Hall–Kier alpha value is -2.49. The number of benzene rings is 2. The van der Waals surface area contributed by atoms with E-state index < -0.39 is 5.91 Å². The first-order valence-electron chi connectivity index (χ1n) is 6.80. The molecular formula is C17H13BrClN3O2. The summed E-state index contributed by atoms with van der Waals surface area (Å²) in [6.45, 7) is 0. The predicted molar refractivity (Wildman–Crippen MR) is 98.1 cm³/mol. The van der Waals surface area contributed by atoms with Crippen LogP contribution >= 0.6 is 27.5 Å². The van der Waals surface area contributed by atoms with Gasteiger partial charge in [0.2, 0.25) is 0 Å². The van der Waals surface area contributed by atoms with Gasteiger partial charge in [0.25, 0.3) is 5.91 Å². The number of amides is 1. The molecule has 0 fully saturated rings. The van der Waals surface area contributed by atoms with Gasteiger partial charge in [-0.05, 0) is 42.5 Å². The van der Waals surface area contributed by atoms with Gasteiger partial charge >= 0.3 is 0 Å². The van der Waals surface area contributed by atoms with Gasteiger partial charge in [0.05, 0.1) is 12.1 Å². The molecule has 0 aliphatic rings. The number of nitrogens with one attached hydrogen (secondary N) is 2. The second-order valence-corrected chi connectivity index (χ2v) is 5.95. The van der Waals surface area contributed by atoms with Crippen molar-refractivity contribution in [1.29, 1.82) is 5.26 Å². The Morgan fingerprint density at radius 2 is 1.92 bits per heavy atom. The van der Waals surface area contributed by atoms with Gasteiger partial charge in [-0.2, -0.15) is 5.26 Å². The molecule has 7 heteroatoms. The minimum atomic E-state index is -0.507. The fraction of sp³-hybridized carbons (Fsp3) is 0.0588. The van der Waals surface area contributed by atoms with Gasteiger partial charge in [-0.1, -0.05) is 27.5 Å². The van der Waals surface area contributed by atoms with Gasteiger partial charge < -0.3 is 15.4 Å². The predicted octanol–water partition coefficient (Wildman–Crippen LogP) is 4.57. The highest BCUT2D eigenvalue weighted by atomic mass is 79.9. The van der Waals surface area contributed by atoms with Gasteiger partial charge in [0.15, 0.2) is 0 Å². The Labute approximate surface area is 153 Å². The van der Waals surface area contributed by atoms with Crippen molar-refractivity contribution >= 4 is 44.8 Å². The quantitative estimate of drug-likeness (QED) is 0.563. The molecule has 2 aromatic carbocycles. The van der Waals surface area contributed by atoms with Crippen LogP contribution in [-0.2, 0) is 4.79 Å². The van der Waals surface area contributed by atoms with Crippen LogP contribution in [0.1, 0.15) is 0 Å². The molecule has 0 spiro atoms. The maximum Gasteiger partial charge on any atom is 0.267 e. The zero-order valence-corrected chi connectivity index (χ0v) is 15.0. The molecule has 0 unspecified atom stereocenters. The summed E-state index contributed by atoms with van der Waals surface area (Å²) >= 11 is 9.34. The molecule has 0 saturated carbocycles. The minimum Gasteiger partial charge on any atom is -0.495 e. The molecule has 2 rings (SSSR count). The van der Waals surface area contributed by atoms with Crippen LogP contribution in [0.15, 0.2) is 58.7 Å². The third kappa shape index (κ3) is 4.75. The number of carbonyl (C=O) groups is 1. The summed E-state index contributed by atoms with van der Waals surface area (Å²) in [4.78, 5) is 12.1. The van der Waals surface area contributed by atoms with Crippen LogP contribution in [0.2, 0.25) is 5.02 Å². The Bertz CT molecular complexity index is 814. The van der Waals surface area contributed by atoms with Crippen molar-refractivity contribution in [2.24, 2.45) is 0 Å². The lowest BCUT2D eigenvalue weighted by atomic mass is 10.2. The summed E-state index contributed by atoms with van der Waals surface area (Å²) in [6.07, 6.45) is 1.33. The summed E-state index contributed by atoms with van der Waals surface area (Å²) in [7, 11) is 1.52. The van der Waals surface area contributed by atoms with E-state index >= 15 is 0 Å². The highest BCUT2D eigenvalue weighted by Crippen LogP contribution is 2.27. The number of hydrogen-bond acceptors (Lipinski definition) is 4. The summed E-state index contributed by atoms with van der Waals surface area (Å²) in [6, 6.07) is 14.0. The maximum absolute atomic E-state index is 12.1. The van der Waals surface area contributed by atoms with E-state index in [0.29, 0.717) is 22.1 Å². The highest BCUT2D eigenvalue weighted by Gasteiger charge is 2.09. The first-order chi connectivity index (χ1) is 11.5. The third-order valence-electron chi connectivity index (χ3n) is 3.00. The van der Waals surface area contributed by atoms with Crippen LogP contribution in [-0.4, -0.2) is 13.0 Å². The number of rotatable bonds is 5. The second-order valence-electron chi connectivity index (χ2n) is 4.62. The molecule has 122 valence electrons. The summed E-state index contributed by atoms with van der Waals surface area (Å²) < 4.78 is 5.96. The molecule has 0 radical (unpaired) electrons. The number of ether oxygens (including phenoxy) is 1. The lowest BCUT2D eigenvalue weighted by molar-refractivity contribution is -0.112. The van der Waals surface area contributed by atoms with E-state index in [9.17, 15) is 4.79 Å². The fourth-order valence-corrected chi connectivity index (χ4v) is 2.31. The highest BCUT2D eigenvalue weighted by molar-refractivity contribution is 9.10. The number of methoxy groups -OCH3 is 1. The van der Waals surface area contributed by atoms with E-state index in [1.165, 1.54) is 13.3 Å². The number of nitrogens with zero attached hydrogens (tertiary/aromatic N) is 1. The summed E-state index contributed by atoms with van der Waals surface area (Å²) in [5.74, 6) is 0.0339. The molecule has 0 aliphatic carbocycles. The Morgan fingerprint density at radius 1 is 1.25 bits per heavy atom. The lowest BCUT2D eigenvalue weighted by Gasteiger charge is -2.07. The number of nitriles is 1. The Balaban J connectivity index is 2.08. The molecule has 0 heterocycles. The number of carbonyl (C=O) groups excluding carboxylic acids is 1. The smallest absolute Gasteiger partial charge is 0.267 e. The molecule has 2 N–H and O–H groups in total. The summed E-state index contributed by atoms with van der Waals surface area (Å²) in [5, 5.41) is 15.1. The van der Waals surface area contributed by atoms with Gasteiger partial charge in [0, 0.05) is 22.0 Å². The van der Waals surface area contributed by atoms with Crippen LogP contribution < -0.4 is 15.4 Å². The van der Waals surface area contributed by atoms with Gasteiger partial charge in [0.1, 0.15) is 17.4 Å². The van der Waals surface area contributed by atoms with Crippen molar-refractivity contribution in [3.05, 3.63) is 63.7 Å². The summed E-state index contributed by atoms with van der Waals surface area (Å²) in [5.41, 5.74) is 1.16. The first kappa shape index (κ1) is 17.9. The van der Waals surface area contributed by atoms with E-state index in [4.69, 9.17) is 21.6 Å². The van der Waals surface area contributed by atoms with Crippen LogP contribution in [0.5, 0.6) is 5.75 Å². The monoisotopic (exact) mass is 405 g/mol. The number of anilines is 2. The van der Waals surface area contributed by atoms with Crippen molar-refractivity contribution in [3.63, 3.8) is 0 Å². The van der Waals surface area contributed by atoms with Crippen molar-refractivity contribution in [3.8, 4) is 11.8 Å². The van der Waals surface area contributed by atoms with E-state index in [2.05, 4.69) is 26.6 Å². The van der Waals surface area contributed by atoms with E-state index in [1.807, 2.05) is 6.07 Å². The Morgan fingerprint density at radius 3 is 2.50 bits per heavy atom. The van der Waals surface area contributed by atoms with Gasteiger partial charge in [-0.3, -0.25) is 4.79 Å². The molecule has 5 nitrogen and oxygen atoms in total. The van der Waals surface area contributed by atoms with Gasteiger partial charge in [-0.25, -0.2) is 0 Å². The molecule has 0 bridgehead atoms. The van der Waals surface area contributed by atoms with Crippen LogP contribution in [0.3, 0.4) is 0 Å². The van der Waals surface area contributed by atoms with Crippen LogP contribution in [0, 0.1) is 11.3 Å². The second kappa shape index (κ2) is 8.39. The van der Waals surface area contributed by atoms with E-state index in [0.717, 1.165) is 4.47 Å². The molecule has 0 saturated heterocycles. The molecule has 0 aromatic heterocycles. The van der Waals surface area contributed by atoms with Crippen LogP contribution in [0.4, 0.5) is 11.4 Å². The third-order valence-corrected chi connectivity index (χ3v) is 3.83. The first-order valence-corrected chi connectivity index (χ1v) is 7.98. The standard InChI is InChI=1S/C17H13BrClN3O2/c1-24-16-7-6-14(8-15(16)19)21-10-11(9-20)17(23)22-13-4-2-12(18)3-5-13/h2-8,10,21H,1H3,(H,22,23)/b11-10-. The fourth-order valence-electron chi connectivity index (χ4n) is 1.79. The van der Waals surface area contributed by atoms with Crippen molar-refractivity contribution in [1.82, 2.24) is 0 Å². The van der Waals surface area contributed by atoms with Crippen LogP contribution in [0.25, 0.3) is 0 Å². The molecule has 2 aromatic rings. The largest absolute Gasteiger partial charge is 0.495 e. The van der Waals surface area contributed by atoms with E-state index in [1.54, 1.807) is 42.5 Å². The topological polar surface area (TPSA) is 74.1 Å². The average molecular weight is 407 g/mol. The van der Waals surface area contributed by atoms with Crippen molar-refractivity contribution in [2.45, 2.75) is 0 Å². The van der Waals surface area contributed by atoms with Crippen molar-refractivity contribution < 1.29 is 9.53 Å². The average Bonchev–Trinajstić information content (AvgIpc) is 2.57. The minimum absolute atomic E-state index is 0.0649. The molecule has 24 heavy (non-hydrogen) atoms.